The summed E-state index contributed by atoms with van der Waals surface area (Å²) in [5, 5.41) is 22.0. The van der Waals surface area contributed by atoms with Crippen LogP contribution in [0.2, 0.25) is 0 Å². The summed E-state index contributed by atoms with van der Waals surface area (Å²) in [6, 6.07) is 8.57. The molecule has 1 aromatic rings. The van der Waals surface area contributed by atoms with Crippen molar-refractivity contribution in [1.82, 2.24) is 5.32 Å². The normalized spacial score (nSPS) is 15.3. The zero-order chi connectivity index (χ0) is 17.7. The van der Waals surface area contributed by atoms with Gasteiger partial charge < -0.3 is 20.3 Å². The van der Waals surface area contributed by atoms with Crippen molar-refractivity contribution in [1.29, 1.82) is 0 Å². The Bertz CT molecular complexity index is 536. The Morgan fingerprint density at radius 1 is 1.22 bits per heavy atom. The van der Waals surface area contributed by atoms with Crippen LogP contribution in [0.3, 0.4) is 0 Å². The van der Waals surface area contributed by atoms with E-state index >= 15 is 0 Å². The number of carbonyl (C=O) groups excluding carboxylic acids is 1. The number of hydrogen-bond donors (Lipinski definition) is 3. The Balaban J connectivity index is 3.05. The molecule has 2 unspecified atom stereocenters. The van der Waals surface area contributed by atoms with Gasteiger partial charge in [-0.1, -0.05) is 30.3 Å². The largest absolute Gasteiger partial charge is 0.481 e. The molecule has 0 saturated carbocycles. The number of ether oxygens (including phenoxy) is 1. The first kappa shape index (κ1) is 19.0. The maximum Gasteiger partial charge on any atom is 0.407 e. The van der Waals surface area contributed by atoms with Gasteiger partial charge in [-0.2, -0.15) is 0 Å². The highest BCUT2D eigenvalue weighted by Gasteiger charge is 2.42. The number of carbonyl (C=O) groups is 2. The number of aliphatic hydroxyl groups excluding tert-OH is 1. The van der Waals surface area contributed by atoms with Crippen LogP contribution in [0, 0.1) is 0 Å². The second-order valence-corrected chi connectivity index (χ2v) is 6.66. The molecule has 0 fully saturated rings. The standard InChI is InChI=1S/C17H25NO5/c1-12(19)10-17(14(20)21,13-8-6-5-7-9-13)11-18-15(22)23-16(2,3)4/h5-9,12,19H,10-11H2,1-4H3,(H,18,22)(H,20,21). The van der Waals surface area contributed by atoms with Crippen LogP contribution in [-0.2, 0) is 14.9 Å². The van der Waals surface area contributed by atoms with E-state index in [1.54, 1.807) is 51.1 Å². The van der Waals surface area contributed by atoms with Crippen LogP contribution in [-0.4, -0.2) is 40.5 Å². The molecule has 6 nitrogen and oxygen atoms in total. The molecule has 2 atom stereocenters. The van der Waals surface area contributed by atoms with Crippen molar-refractivity contribution in [2.75, 3.05) is 6.54 Å². The fourth-order valence-electron chi connectivity index (χ4n) is 2.38. The molecule has 1 rings (SSSR count). The van der Waals surface area contributed by atoms with E-state index in [1.807, 2.05) is 0 Å². The molecule has 0 heterocycles. The van der Waals surface area contributed by atoms with Gasteiger partial charge in [-0.15, -0.1) is 0 Å². The molecule has 0 aliphatic carbocycles. The van der Waals surface area contributed by atoms with Gasteiger partial charge in [0.1, 0.15) is 11.0 Å². The number of carboxylic acid groups (broad SMARTS) is 1. The van der Waals surface area contributed by atoms with Crippen LogP contribution in [0.1, 0.15) is 39.7 Å². The number of aliphatic hydroxyl groups is 1. The molecule has 0 aliphatic heterocycles. The predicted molar refractivity (Wildman–Crippen MR) is 86.3 cm³/mol. The molecule has 0 aliphatic rings. The minimum atomic E-state index is -1.42. The lowest BCUT2D eigenvalue weighted by Crippen LogP contribution is -2.49. The highest BCUT2D eigenvalue weighted by Crippen LogP contribution is 2.30. The van der Waals surface area contributed by atoms with Gasteiger partial charge in [0.2, 0.25) is 0 Å². The van der Waals surface area contributed by atoms with Crippen molar-refractivity contribution in [3.05, 3.63) is 35.9 Å². The van der Waals surface area contributed by atoms with E-state index in [0.29, 0.717) is 5.56 Å². The zero-order valence-electron chi connectivity index (χ0n) is 14.0. The van der Waals surface area contributed by atoms with Crippen LogP contribution in [0.5, 0.6) is 0 Å². The van der Waals surface area contributed by atoms with Gasteiger partial charge in [0.15, 0.2) is 0 Å². The number of amides is 1. The second-order valence-electron chi connectivity index (χ2n) is 6.66. The van der Waals surface area contributed by atoms with E-state index in [1.165, 1.54) is 6.92 Å². The number of hydrogen-bond acceptors (Lipinski definition) is 4. The first-order chi connectivity index (χ1) is 10.6. The highest BCUT2D eigenvalue weighted by atomic mass is 16.6. The summed E-state index contributed by atoms with van der Waals surface area (Å²) in [6.07, 6.45) is -1.56. The molecule has 0 spiro atoms. The molecule has 0 aromatic heterocycles. The van der Waals surface area contributed by atoms with Gasteiger partial charge in [-0.25, -0.2) is 4.79 Å². The monoisotopic (exact) mass is 323 g/mol. The molecule has 1 amide bonds. The maximum absolute atomic E-state index is 12.0. The number of aliphatic carboxylic acids is 1. The lowest BCUT2D eigenvalue weighted by atomic mass is 9.76. The lowest BCUT2D eigenvalue weighted by molar-refractivity contribution is -0.145. The fraction of sp³-hybridized carbons (Fsp3) is 0.529. The molecule has 1 aromatic carbocycles. The first-order valence-corrected chi connectivity index (χ1v) is 7.51. The van der Waals surface area contributed by atoms with Crippen LogP contribution >= 0.6 is 0 Å². The van der Waals surface area contributed by atoms with Crippen LogP contribution < -0.4 is 5.32 Å². The maximum atomic E-state index is 12.0. The third-order valence-electron chi connectivity index (χ3n) is 3.31. The Morgan fingerprint density at radius 2 is 1.78 bits per heavy atom. The van der Waals surface area contributed by atoms with Crippen molar-refractivity contribution < 1.29 is 24.5 Å². The number of alkyl carbamates (subject to hydrolysis) is 1. The van der Waals surface area contributed by atoms with E-state index in [0.717, 1.165) is 0 Å². The third-order valence-corrected chi connectivity index (χ3v) is 3.31. The smallest absolute Gasteiger partial charge is 0.407 e. The summed E-state index contributed by atoms with van der Waals surface area (Å²) in [5.41, 5.74) is -1.58. The van der Waals surface area contributed by atoms with Crippen LogP contribution in [0.25, 0.3) is 0 Å². The van der Waals surface area contributed by atoms with E-state index in [4.69, 9.17) is 4.74 Å². The number of carboxylic acids is 1. The molecule has 128 valence electrons. The summed E-state index contributed by atoms with van der Waals surface area (Å²) >= 11 is 0. The van der Waals surface area contributed by atoms with Crippen molar-refractivity contribution in [2.24, 2.45) is 0 Å². The fourth-order valence-corrected chi connectivity index (χ4v) is 2.38. The molecular formula is C17H25NO5. The van der Waals surface area contributed by atoms with E-state index in [-0.39, 0.29) is 13.0 Å². The van der Waals surface area contributed by atoms with Crippen LogP contribution in [0.15, 0.2) is 30.3 Å². The molecular weight excluding hydrogens is 298 g/mol. The molecule has 0 bridgehead atoms. The molecule has 23 heavy (non-hydrogen) atoms. The summed E-state index contributed by atoms with van der Waals surface area (Å²) in [4.78, 5) is 23.8. The molecule has 0 saturated heterocycles. The zero-order valence-corrected chi connectivity index (χ0v) is 14.0. The molecule has 6 heteroatoms. The van der Waals surface area contributed by atoms with Crippen molar-refractivity contribution in [3.8, 4) is 0 Å². The summed E-state index contributed by atoms with van der Waals surface area (Å²) in [7, 11) is 0. The molecule has 3 N–H and O–H groups in total. The number of benzene rings is 1. The Hall–Kier alpha value is -2.08. The van der Waals surface area contributed by atoms with Crippen LogP contribution in [0.4, 0.5) is 4.79 Å². The highest BCUT2D eigenvalue weighted by molar-refractivity contribution is 5.83. The van der Waals surface area contributed by atoms with Gasteiger partial charge in [-0.05, 0) is 39.7 Å². The summed E-state index contributed by atoms with van der Waals surface area (Å²) in [5.74, 6) is -1.11. The first-order valence-electron chi connectivity index (χ1n) is 7.51. The van der Waals surface area contributed by atoms with Gasteiger partial charge >= 0.3 is 12.1 Å². The minimum absolute atomic E-state index is 0.0257. The predicted octanol–water partition coefficient (Wildman–Crippen LogP) is 2.30. The third kappa shape index (κ3) is 5.56. The quantitative estimate of drug-likeness (QED) is 0.746. The van der Waals surface area contributed by atoms with Gasteiger partial charge in [0, 0.05) is 6.54 Å². The summed E-state index contributed by atoms with van der Waals surface area (Å²) < 4.78 is 5.15. The second kappa shape index (κ2) is 7.46. The van der Waals surface area contributed by atoms with Crippen molar-refractivity contribution >= 4 is 12.1 Å². The topological polar surface area (TPSA) is 95.9 Å². The van der Waals surface area contributed by atoms with E-state index in [2.05, 4.69) is 5.32 Å². The Morgan fingerprint density at radius 3 is 2.22 bits per heavy atom. The summed E-state index contributed by atoms with van der Waals surface area (Å²) in [6.45, 7) is 6.53. The number of rotatable bonds is 6. The average molecular weight is 323 g/mol. The van der Waals surface area contributed by atoms with Gasteiger partial charge in [-0.3, -0.25) is 4.79 Å². The SMILES string of the molecule is CC(O)CC(CNC(=O)OC(C)(C)C)(C(=O)O)c1ccccc1. The van der Waals surface area contributed by atoms with Gasteiger partial charge in [0.05, 0.1) is 6.10 Å². The van der Waals surface area contributed by atoms with E-state index in [9.17, 15) is 19.8 Å². The van der Waals surface area contributed by atoms with Crippen molar-refractivity contribution in [2.45, 2.75) is 51.2 Å². The minimum Gasteiger partial charge on any atom is -0.481 e. The number of nitrogens with one attached hydrogen (secondary N) is 1. The van der Waals surface area contributed by atoms with Gasteiger partial charge in [0.25, 0.3) is 0 Å². The lowest BCUT2D eigenvalue weighted by Gasteiger charge is -2.32. The Labute approximate surface area is 136 Å². The van der Waals surface area contributed by atoms with Crippen molar-refractivity contribution in [3.63, 3.8) is 0 Å². The van der Waals surface area contributed by atoms with E-state index < -0.39 is 29.2 Å². The Kier molecular flexibility index (Phi) is 6.15. The molecule has 0 radical (unpaired) electrons. The average Bonchev–Trinajstić information content (AvgIpc) is 2.42.